The Hall–Kier alpha value is -4.45. The van der Waals surface area contributed by atoms with Crippen molar-refractivity contribution in [3.8, 4) is 0 Å². The third-order valence-electron chi connectivity index (χ3n) is 12.9. The van der Waals surface area contributed by atoms with Crippen LogP contribution in [0.5, 0.6) is 0 Å². The Morgan fingerprint density at radius 2 is 0.513 bits per heavy atom. The normalized spacial score (nSPS) is 13.0. The van der Waals surface area contributed by atoms with E-state index in [1.807, 2.05) is 0 Å². The molecule has 0 aliphatic heterocycles. The number of allylic oxidation sites excluding steroid dienone is 22. The number of carbonyl (C=O) groups excluding carboxylic acids is 3. The van der Waals surface area contributed by atoms with Crippen LogP contribution in [0.4, 0.5) is 0 Å². The molecular weight excluding hydrogens is 937 g/mol. The molecule has 6 heteroatoms. The molecule has 0 rings (SSSR count). The van der Waals surface area contributed by atoms with Crippen LogP contribution < -0.4 is 0 Å². The summed E-state index contributed by atoms with van der Waals surface area (Å²) in [6, 6.07) is 0. The Morgan fingerprint density at radius 3 is 0.803 bits per heavy atom. The molecule has 1 unspecified atom stereocenters. The molecule has 0 fully saturated rings. The van der Waals surface area contributed by atoms with Gasteiger partial charge < -0.3 is 14.2 Å². The van der Waals surface area contributed by atoms with E-state index in [0.29, 0.717) is 19.3 Å². The molecule has 0 aromatic heterocycles. The maximum atomic E-state index is 12.9. The number of ether oxygens (including phenoxy) is 3. The first kappa shape index (κ1) is 71.5. The SMILES string of the molecule is CC/C=C\C/C=C\C/C=C\C/C=C\C/C=C\CCCCCCCC(=O)OCC(COC(=O)CCCCCCCCC/C=C\C/C=C\CCCCCC)OC(=O)CCCCCCCC/C=C\C/C=C\C/C=C\C/C=C\CC. The molecule has 0 amide bonds. The van der Waals surface area contributed by atoms with Crippen molar-refractivity contribution in [2.75, 3.05) is 13.2 Å². The Bertz CT molecular complexity index is 1630. The average molecular weight is 1050 g/mol. The van der Waals surface area contributed by atoms with Crippen LogP contribution in [0.2, 0.25) is 0 Å². The smallest absolute Gasteiger partial charge is 0.306 e. The van der Waals surface area contributed by atoms with E-state index in [1.54, 1.807) is 0 Å². The van der Waals surface area contributed by atoms with E-state index < -0.39 is 6.10 Å². The van der Waals surface area contributed by atoms with Gasteiger partial charge in [-0.1, -0.05) is 251 Å². The number of rotatable bonds is 55. The molecule has 0 saturated heterocycles. The molecule has 6 nitrogen and oxygen atoms in total. The maximum absolute atomic E-state index is 12.9. The minimum Gasteiger partial charge on any atom is -0.462 e. The molecule has 0 N–H and O–H groups in total. The maximum Gasteiger partial charge on any atom is 0.306 e. The summed E-state index contributed by atoms with van der Waals surface area (Å²) in [5.41, 5.74) is 0. The van der Waals surface area contributed by atoms with E-state index in [4.69, 9.17) is 14.2 Å². The lowest BCUT2D eigenvalue weighted by molar-refractivity contribution is -0.167. The Morgan fingerprint density at radius 1 is 0.276 bits per heavy atom. The van der Waals surface area contributed by atoms with Crippen LogP contribution in [0, 0.1) is 0 Å². The van der Waals surface area contributed by atoms with E-state index in [0.717, 1.165) is 161 Å². The van der Waals surface area contributed by atoms with Gasteiger partial charge in [0.25, 0.3) is 0 Å². The number of hydrogen-bond donors (Lipinski definition) is 0. The van der Waals surface area contributed by atoms with E-state index in [2.05, 4.69) is 154 Å². The fraction of sp³-hybridized carbons (Fsp3) is 0.643. The molecule has 0 spiro atoms. The van der Waals surface area contributed by atoms with E-state index in [9.17, 15) is 14.4 Å². The van der Waals surface area contributed by atoms with Crippen LogP contribution in [0.3, 0.4) is 0 Å². The molecule has 0 aromatic rings. The van der Waals surface area contributed by atoms with Crippen molar-refractivity contribution in [1.82, 2.24) is 0 Å². The zero-order valence-corrected chi connectivity index (χ0v) is 49.2. The second-order valence-corrected chi connectivity index (χ2v) is 20.2. The minimum absolute atomic E-state index is 0.0984. The van der Waals surface area contributed by atoms with Gasteiger partial charge in [-0.25, -0.2) is 0 Å². The highest BCUT2D eigenvalue weighted by molar-refractivity contribution is 5.71. The van der Waals surface area contributed by atoms with Gasteiger partial charge in [-0.3, -0.25) is 14.4 Å². The molecular formula is C70H114O6. The van der Waals surface area contributed by atoms with E-state index >= 15 is 0 Å². The van der Waals surface area contributed by atoms with Gasteiger partial charge in [-0.05, 0) is 135 Å². The highest BCUT2D eigenvalue weighted by Gasteiger charge is 2.19. The van der Waals surface area contributed by atoms with Crippen molar-refractivity contribution < 1.29 is 28.6 Å². The number of esters is 3. The molecule has 0 aromatic carbocycles. The van der Waals surface area contributed by atoms with Crippen molar-refractivity contribution in [2.45, 2.75) is 277 Å². The zero-order chi connectivity index (χ0) is 55.0. The van der Waals surface area contributed by atoms with Crippen LogP contribution in [0.15, 0.2) is 134 Å². The monoisotopic (exact) mass is 1050 g/mol. The molecule has 0 bridgehead atoms. The summed E-state index contributed by atoms with van der Waals surface area (Å²) < 4.78 is 16.9. The summed E-state index contributed by atoms with van der Waals surface area (Å²) in [7, 11) is 0. The Kier molecular flexibility index (Phi) is 59.4. The van der Waals surface area contributed by atoms with E-state index in [-0.39, 0.29) is 31.1 Å². The first-order valence-corrected chi connectivity index (χ1v) is 31.2. The Balaban J connectivity index is 4.49. The molecule has 0 saturated carbocycles. The van der Waals surface area contributed by atoms with Gasteiger partial charge in [0.1, 0.15) is 13.2 Å². The van der Waals surface area contributed by atoms with Gasteiger partial charge in [-0.15, -0.1) is 0 Å². The minimum atomic E-state index is -0.804. The largest absolute Gasteiger partial charge is 0.462 e. The third kappa shape index (κ3) is 60.4. The number of unbranched alkanes of at least 4 members (excludes halogenated alkanes) is 22. The highest BCUT2D eigenvalue weighted by Crippen LogP contribution is 2.14. The molecule has 430 valence electrons. The average Bonchev–Trinajstić information content (AvgIpc) is 3.42. The molecule has 0 heterocycles. The summed E-state index contributed by atoms with van der Waals surface area (Å²) in [5.74, 6) is -0.938. The lowest BCUT2D eigenvalue weighted by Crippen LogP contribution is -2.30. The first-order valence-electron chi connectivity index (χ1n) is 31.2. The quantitative estimate of drug-likeness (QED) is 0.0261. The van der Waals surface area contributed by atoms with Crippen LogP contribution in [0.1, 0.15) is 271 Å². The van der Waals surface area contributed by atoms with Crippen LogP contribution in [-0.4, -0.2) is 37.2 Å². The number of hydrogen-bond acceptors (Lipinski definition) is 6. The molecule has 0 aliphatic carbocycles. The standard InChI is InChI=1S/C70H114O6/c1-4-7-10-13-16-19-22-25-28-31-34-35-37-39-42-45-48-51-54-57-60-63-69(72)75-66-67(65-74-68(71)62-59-56-53-50-47-44-41-38-33-30-27-24-21-18-15-12-9-6-3)76-70(73)64-61-58-55-52-49-46-43-40-36-32-29-26-23-20-17-14-11-8-5-2/h7-8,10-11,16-17,19-21,24-26,28-30,33-36,39-40,42,67H,4-6,9,12-15,18,22-23,27,31-32,37-38,41,43-66H2,1-3H3/b10-7-,11-8-,19-16-,20-17-,24-21-,28-25-,29-26-,33-30-,35-34-,40-36-,42-39-. The van der Waals surface area contributed by atoms with Gasteiger partial charge in [-0.2, -0.15) is 0 Å². The van der Waals surface area contributed by atoms with Gasteiger partial charge >= 0.3 is 17.9 Å². The van der Waals surface area contributed by atoms with Gasteiger partial charge in [0.2, 0.25) is 0 Å². The lowest BCUT2D eigenvalue weighted by atomic mass is 10.1. The predicted octanol–water partition coefficient (Wildman–Crippen LogP) is 21.4. The summed E-state index contributed by atoms with van der Waals surface area (Å²) in [5, 5.41) is 0. The fourth-order valence-electron chi connectivity index (χ4n) is 8.25. The summed E-state index contributed by atoms with van der Waals surface area (Å²) in [4.78, 5) is 38.3. The summed E-state index contributed by atoms with van der Waals surface area (Å²) >= 11 is 0. The second kappa shape index (κ2) is 63.1. The van der Waals surface area contributed by atoms with Crippen LogP contribution >= 0.6 is 0 Å². The summed E-state index contributed by atoms with van der Waals surface area (Å²) in [6.07, 6.45) is 88.7. The van der Waals surface area contributed by atoms with Gasteiger partial charge in [0, 0.05) is 19.3 Å². The van der Waals surface area contributed by atoms with Gasteiger partial charge in [0.15, 0.2) is 6.10 Å². The second-order valence-electron chi connectivity index (χ2n) is 20.2. The summed E-state index contributed by atoms with van der Waals surface area (Å²) in [6.45, 7) is 6.37. The van der Waals surface area contributed by atoms with E-state index in [1.165, 1.54) is 70.6 Å². The molecule has 0 radical (unpaired) electrons. The third-order valence-corrected chi connectivity index (χ3v) is 12.9. The topological polar surface area (TPSA) is 78.9 Å². The van der Waals surface area contributed by atoms with Crippen molar-refractivity contribution in [3.05, 3.63) is 134 Å². The highest BCUT2D eigenvalue weighted by atomic mass is 16.6. The lowest BCUT2D eigenvalue weighted by Gasteiger charge is -2.18. The van der Waals surface area contributed by atoms with Crippen molar-refractivity contribution in [3.63, 3.8) is 0 Å². The first-order chi connectivity index (χ1) is 37.5. The molecule has 0 aliphatic rings. The Labute approximate surface area is 468 Å². The van der Waals surface area contributed by atoms with Crippen molar-refractivity contribution in [1.29, 1.82) is 0 Å². The molecule has 76 heavy (non-hydrogen) atoms. The van der Waals surface area contributed by atoms with Crippen molar-refractivity contribution >= 4 is 17.9 Å². The predicted molar refractivity (Wildman–Crippen MR) is 329 cm³/mol. The molecule has 1 atom stereocenters. The number of carbonyl (C=O) groups is 3. The van der Waals surface area contributed by atoms with Crippen LogP contribution in [0.25, 0.3) is 0 Å². The van der Waals surface area contributed by atoms with Crippen LogP contribution in [-0.2, 0) is 28.6 Å². The van der Waals surface area contributed by atoms with Crippen molar-refractivity contribution in [2.24, 2.45) is 0 Å². The zero-order valence-electron chi connectivity index (χ0n) is 49.2. The fourth-order valence-corrected chi connectivity index (χ4v) is 8.25. The van der Waals surface area contributed by atoms with Gasteiger partial charge in [0.05, 0.1) is 0 Å².